The lowest BCUT2D eigenvalue weighted by Crippen LogP contribution is -2.19. The summed E-state index contributed by atoms with van der Waals surface area (Å²) in [7, 11) is 1.66. The van der Waals surface area contributed by atoms with E-state index >= 15 is 0 Å². The number of nitrogens with one attached hydrogen (secondary N) is 2. The number of aryl methyl sites for hydroxylation is 1. The van der Waals surface area contributed by atoms with E-state index in [0.717, 1.165) is 39.6 Å². The Morgan fingerprint density at radius 1 is 1.09 bits per heavy atom. The zero-order chi connectivity index (χ0) is 24.2. The van der Waals surface area contributed by atoms with Crippen LogP contribution in [0.2, 0.25) is 10.0 Å². The topological polar surface area (TPSA) is 68.9 Å². The van der Waals surface area contributed by atoms with Crippen LogP contribution in [0.15, 0.2) is 54.9 Å². The second-order valence-electron chi connectivity index (χ2n) is 7.80. The molecule has 176 valence electrons. The van der Waals surface area contributed by atoms with Crippen LogP contribution in [-0.2, 0) is 13.1 Å². The van der Waals surface area contributed by atoms with Gasteiger partial charge in [-0.15, -0.1) is 0 Å². The highest BCUT2D eigenvalue weighted by molar-refractivity contribution is 7.80. The van der Waals surface area contributed by atoms with Gasteiger partial charge in [-0.25, -0.2) is 0 Å². The molecule has 0 aliphatic carbocycles. The number of rotatable bonds is 7. The van der Waals surface area contributed by atoms with E-state index in [1.165, 1.54) is 0 Å². The molecule has 0 amide bonds. The SMILES string of the molecule is COc1cccc(Cn2nc(C)c(NC(=S)Nc3cnn(Cc4ccc(Cl)cc4Cl)c3)c2C)c1. The van der Waals surface area contributed by atoms with E-state index in [0.29, 0.717) is 28.2 Å². The summed E-state index contributed by atoms with van der Waals surface area (Å²) in [5.74, 6) is 0.821. The van der Waals surface area contributed by atoms with Gasteiger partial charge in [0.25, 0.3) is 0 Å². The fourth-order valence-corrected chi connectivity index (χ4v) is 4.28. The van der Waals surface area contributed by atoms with Crippen LogP contribution in [0.1, 0.15) is 22.5 Å². The summed E-state index contributed by atoms with van der Waals surface area (Å²) in [6.07, 6.45) is 3.58. The average molecular weight is 515 g/mol. The molecular formula is C24H24Cl2N6OS. The van der Waals surface area contributed by atoms with Gasteiger partial charge in [0, 0.05) is 16.2 Å². The molecule has 34 heavy (non-hydrogen) atoms. The Bertz CT molecular complexity index is 1330. The van der Waals surface area contributed by atoms with Crippen molar-refractivity contribution in [3.63, 3.8) is 0 Å². The molecule has 0 aliphatic rings. The largest absolute Gasteiger partial charge is 0.497 e. The number of ether oxygens (including phenoxy) is 1. The first-order valence-corrected chi connectivity index (χ1v) is 11.7. The Balaban J connectivity index is 1.40. The lowest BCUT2D eigenvalue weighted by atomic mass is 10.2. The zero-order valence-corrected chi connectivity index (χ0v) is 21.3. The van der Waals surface area contributed by atoms with Gasteiger partial charge in [0.15, 0.2) is 5.11 Å². The van der Waals surface area contributed by atoms with Gasteiger partial charge in [0.2, 0.25) is 0 Å². The van der Waals surface area contributed by atoms with E-state index in [9.17, 15) is 0 Å². The highest BCUT2D eigenvalue weighted by Gasteiger charge is 2.14. The van der Waals surface area contributed by atoms with E-state index < -0.39 is 0 Å². The molecule has 4 aromatic rings. The van der Waals surface area contributed by atoms with Crippen molar-refractivity contribution in [3.8, 4) is 5.75 Å². The first-order valence-electron chi connectivity index (χ1n) is 10.5. The standard InChI is InChI=1S/C24H24Cl2N6OS/c1-15-23(16(2)32(30-15)12-17-5-4-6-21(9-17)33-3)29-24(34)28-20-11-27-31(14-20)13-18-7-8-19(25)10-22(18)26/h4-11,14H,12-13H2,1-3H3,(H2,28,29,34). The van der Waals surface area contributed by atoms with Gasteiger partial charge in [0.05, 0.1) is 49.2 Å². The summed E-state index contributed by atoms with van der Waals surface area (Å²) in [5.41, 5.74) is 5.51. The molecule has 2 N–H and O–H groups in total. The van der Waals surface area contributed by atoms with Crippen LogP contribution in [0, 0.1) is 13.8 Å². The maximum Gasteiger partial charge on any atom is 0.175 e. The third-order valence-corrected chi connectivity index (χ3v) is 6.12. The van der Waals surface area contributed by atoms with Gasteiger partial charge in [-0.3, -0.25) is 9.36 Å². The van der Waals surface area contributed by atoms with Gasteiger partial charge in [0.1, 0.15) is 5.75 Å². The number of halogens is 2. The third-order valence-electron chi connectivity index (χ3n) is 5.33. The van der Waals surface area contributed by atoms with Gasteiger partial charge in [-0.1, -0.05) is 41.4 Å². The summed E-state index contributed by atoms with van der Waals surface area (Å²) in [6, 6.07) is 13.4. The maximum absolute atomic E-state index is 6.27. The van der Waals surface area contributed by atoms with E-state index in [2.05, 4.69) is 20.8 Å². The van der Waals surface area contributed by atoms with Crippen LogP contribution in [0.5, 0.6) is 5.75 Å². The Morgan fingerprint density at radius 2 is 1.91 bits per heavy atom. The van der Waals surface area contributed by atoms with Crippen molar-refractivity contribution in [1.29, 1.82) is 0 Å². The van der Waals surface area contributed by atoms with Crippen LogP contribution in [-0.4, -0.2) is 31.8 Å². The van der Waals surface area contributed by atoms with Crippen molar-refractivity contribution in [1.82, 2.24) is 19.6 Å². The normalized spacial score (nSPS) is 10.9. The molecule has 0 unspecified atom stereocenters. The van der Waals surface area contributed by atoms with Gasteiger partial charge >= 0.3 is 0 Å². The summed E-state index contributed by atoms with van der Waals surface area (Å²) in [4.78, 5) is 0. The van der Waals surface area contributed by atoms with Crippen LogP contribution in [0.3, 0.4) is 0 Å². The fraction of sp³-hybridized carbons (Fsp3) is 0.208. The fourth-order valence-electron chi connectivity index (χ4n) is 3.59. The van der Waals surface area contributed by atoms with Crippen molar-refractivity contribution in [2.24, 2.45) is 0 Å². The number of nitrogens with zero attached hydrogens (tertiary/aromatic N) is 4. The summed E-state index contributed by atoms with van der Waals surface area (Å²) in [6.45, 7) is 5.12. The summed E-state index contributed by atoms with van der Waals surface area (Å²) < 4.78 is 9.05. The predicted molar refractivity (Wildman–Crippen MR) is 141 cm³/mol. The van der Waals surface area contributed by atoms with Crippen molar-refractivity contribution in [2.75, 3.05) is 17.7 Å². The summed E-state index contributed by atoms with van der Waals surface area (Å²) >= 11 is 17.8. The second-order valence-corrected chi connectivity index (χ2v) is 9.05. The number of thiocarbonyl (C=S) groups is 1. The van der Waals surface area contributed by atoms with E-state index in [1.54, 1.807) is 24.1 Å². The molecule has 0 saturated carbocycles. The molecular weight excluding hydrogens is 491 g/mol. The molecule has 10 heteroatoms. The molecule has 4 rings (SSSR count). The zero-order valence-electron chi connectivity index (χ0n) is 19.0. The third kappa shape index (κ3) is 5.70. The number of hydrogen-bond donors (Lipinski definition) is 2. The molecule has 0 spiro atoms. The minimum absolute atomic E-state index is 0.455. The van der Waals surface area contributed by atoms with Crippen molar-refractivity contribution in [3.05, 3.63) is 87.4 Å². The van der Waals surface area contributed by atoms with Gasteiger partial charge < -0.3 is 15.4 Å². The van der Waals surface area contributed by atoms with E-state index in [-0.39, 0.29) is 0 Å². The molecule has 0 saturated heterocycles. The highest BCUT2D eigenvalue weighted by atomic mass is 35.5. The summed E-state index contributed by atoms with van der Waals surface area (Å²) in [5, 5.41) is 17.2. The monoisotopic (exact) mass is 514 g/mol. The molecule has 0 fully saturated rings. The number of aromatic nitrogens is 4. The molecule has 2 aromatic heterocycles. The lowest BCUT2D eigenvalue weighted by Gasteiger charge is -2.10. The smallest absolute Gasteiger partial charge is 0.175 e. The minimum atomic E-state index is 0.455. The molecule has 0 atom stereocenters. The Labute approximate surface area is 213 Å². The molecule has 2 heterocycles. The van der Waals surface area contributed by atoms with Crippen LogP contribution in [0.4, 0.5) is 11.4 Å². The van der Waals surface area contributed by atoms with Gasteiger partial charge in [-0.05, 0) is 61.5 Å². The highest BCUT2D eigenvalue weighted by Crippen LogP contribution is 2.23. The first-order chi connectivity index (χ1) is 16.3. The number of methoxy groups -OCH3 is 1. The maximum atomic E-state index is 6.27. The van der Waals surface area contributed by atoms with Crippen molar-refractivity contribution < 1.29 is 4.74 Å². The number of benzene rings is 2. The van der Waals surface area contributed by atoms with E-state index in [4.69, 9.17) is 40.2 Å². The van der Waals surface area contributed by atoms with Gasteiger partial charge in [-0.2, -0.15) is 10.2 Å². The molecule has 7 nitrogen and oxygen atoms in total. The quantitative estimate of drug-likeness (QED) is 0.298. The molecule has 2 aromatic carbocycles. The average Bonchev–Trinajstić information content (AvgIpc) is 3.35. The van der Waals surface area contributed by atoms with Crippen LogP contribution in [0.25, 0.3) is 0 Å². The first kappa shape index (κ1) is 24.1. The lowest BCUT2D eigenvalue weighted by molar-refractivity contribution is 0.414. The molecule has 0 bridgehead atoms. The van der Waals surface area contributed by atoms with Crippen LogP contribution >= 0.6 is 35.4 Å². The van der Waals surface area contributed by atoms with E-state index in [1.807, 2.05) is 61.1 Å². The number of anilines is 2. The van der Waals surface area contributed by atoms with Crippen molar-refractivity contribution in [2.45, 2.75) is 26.9 Å². The molecule has 0 radical (unpaired) electrons. The Kier molecular flexibility index (Phi) is 7.41. The Hall–Kier alpha value is -3.07. The second kappa shape index (κ2) is 10.5. The number of hydrogen-bond acceptors (Lipinski definition) is 4. The van der Waals surface area contributed by atoms with Crippen LogP contribution < -0.4 is 15.4 Å². The minimum Gasteiger partial charge on any atom is -0.497 e. The van der Waals surface area contributed by atoms with Crippen molar-refractivity contribution >= 4 is 51.9 Å². The Morgan fingerprint density at radius 3 is 2.68 bits per heavy atom. The predicted octanol–water partition coefficient (Wildman–Crippen LogP) is 5.92. The molecule has 0 aliphatic heterocycles.